The number of aryl methyl sites for hydroxylation is 1. The van der Waals surface area contributed by atoms with E-state index in [0.29, 0.717) is 22.1 Å². The van der Waals surface area contributed by atoms with Crippen LogP contribution in [0.5, 0.6) is 0 Å². The Morgan fingerprint density at radius 3 is 2.81 bits per heavy atom. The highest BCUT2D eigenvalue weighted by atomic mass is 32.2. The Morgan fingerprint density at radius 1 is 1.27 bits per heavy atom. The van der Waals surface area contributed by atoms with Gasteiger partial charge in [-0.15, -0.1) is 5.10 Å². The molecule has 3 rings (SSSR count). The zero-order valence-electron chi connectivity index (χ0n) is 13.9. The molecule has 0 fully saturated rings. The average molecular weight is 370 g/mol. The number of rotatable bonds is 5. The number of aromatic nitrogens is 4. The summed E-state index contributed by atoms with van der Waals surface area (Å²) < 4.78 is 1.55. The van der Waals surface area contributed by atoms with Gasteiger partial charge in [0.15, 0.2) is 0 Å². The van der Waals surface area contributed by atoms with Crippen LogP contribution in [0.1, 0.15) is 15.9 Å². The van der Waals surface area contributed by atoms with Gasteiger partial charge in [0.2, 0.25) is 5.16 Å². The number of amides is 1. The summed E-state index contributed by atoms with van der Waals surface area (Å²) in [5, 5.41) is 25.8. The van der Waals surface area contributed by atoms with Gasteiger partial charge in [-0.1, -0.05) is 23.9 Å². The van der Waals surface area contributed by atoms with Crippen molar-refractivity contribution in [1.82, 2.24) is 20.2 Å². The van der Waals surface area contributed by atoms with Crippen molar-refractivity contribution in [1.29, 1.82) is 0 Å². The summed E-state index contributed by atoms with van der Waals surface area (Å²) in [7, 11) is 0. The summed E-state index contributed by atoms with van der Waals surface area (Å²) in [6.07, 6.45) is 1.86. The normalized spacial score (nSPS) is 10.5. The van der Waals surface area contributed by atoms with Crippen molar-refractivity contribution in [2.75, 3.05) is 11.6 Å². The molecule has 26 heavy (non-hydrogen) atoms. The lowest BCUT2D eigenvalue weighted by molar-refractivity contribution is -0.385. The Labute approximate surface area is 152 Å². The highest BCUT2D eigenvalue weighted by molar-refractivity contribution is 7.98. The van der Waals surface area contributed by atoms with Gasteiger partial charge in [-0.25, -0.2) is 0 Å². The number of hydrogen-bond acceptors (Lipinski definition) is 7. The smallest absolute Gasteiger partial charge is 0.273 e. The first-order chi connectivity index (χ1) is 12.5. The third-order valence-electron chi connectivity index (χ3n) is 3.64. The van der Waals surface area contributed by atoms with Gasteiger partial charge >= 0.3 is 0 Å². The van der Waals surface area contributed by atoms with E-state index in [1.165, 1.54) is 17.8 Å². The number of tetrazole rings is 1. The molecule has 1 heterocycles. The lowest BCUT2D eigenvalue weighted by atomic mass is 10.1. The predicted molar refractivity (Wildman–Crippen MR) is 96.7 cm³/mol. The molecule has 0 saturated heterocycles. The quantitative estimate of drug-likeness (QED) is 0.417. The highest BCUT2D eigenvalue weighted by Crippen LogP contribution is 2.22. The van der Waals surface area contributed by atoms with E-state index in [9.17, 15) is 14.9 Å². The fourth-order valence-corrected chi connectivity index (χ4v) is 2.77. The van der Waals surface area contributed by atoms with Crippen molar-refractivity contribution in [3.05, 3.63) is 63.7 Å². The number of anilines is 1. The summed E-state index contributed by atoms with van der Waals surface area (Å²) in [4.78, 5) is 23.0. The van der Waals surface area contributed by atoms with Crippen molar-refractivity contribution in [2.45, 2.75) is 12.1 Å². The Bertz CT molecular complexity index is 988. The van der Waals surface area contributed by atoms with Gasteiger partial charge in [0.05, 0.1) is 10.6 Å². The summed E-state index contributed by atoms with van der Waals surface area (Å²) >= 11 is 1.39. The molecular weight excluding hydrogens is 356 g/mol. The molecule has 0 unspecified atom stereocenters. The van der Waals surface area contributed by atoms with Crippen LogP contribution in [0.15, 0.2) is 47.6 Å². The van der Waals surface area contributed by atoms with Gasteiger partial charge in [-0.2, -0.15) is 4.68 Å². The number of nitrogens with zero attached hydrogens (tertiary/aromatic N) is 5. The summed E-state index contributed by atoms with van der Waals surface area (Å²) in [5.74, 6) is -0.438. The van der Waals surface area contributed by atoms with Gasteiger partial charge in [0.25, 0.3) is 11.6 Å². The Kier molecular flexibility index (Phi) is 4.94. The topological polar surface area (TPSA) is 116 Å². The maximum Gasteiger partial charge on any atom is 0.273 e. The Hall–Kier alpha value is -3.27. The second-order valence-corrected chi connectivity index (χ2v) is 6.11. The zero-order valence-corrected chi connectivity index (χ0v) is 14.7. The minimum absolute atomic E-state index is 0.0929. The van der Waals surface area contributed by atoms with E-state index in [-0.39, 0.29) is 11.3 Å². The minimum Gasteiger partial charge on any atom is -0.322 e. The summed E-state index contributed by atoms with van der Waals surface area (Å²) in [5.41, 5.74) is 1.83. The van der Waals surface area contributed by atoms with Crippen LogP contribution < -0.4 is 5.32 Å². The number of nitrogens with one attached hydrogen (secondary N) is 1. The van der Waals surface area contributed by atoms with E-state index in [0.717, 1.165) is 0 Å². The third-order valence-corrected chi connectivity index (χ3v) is 4.26. The largest absolute Gasteiger partial charge is 0.322 e. The molecule has 2 aromatic carbocycles. The summed E-state index contributed by atoms with van der Waals surface area (Å²) in [6, 6.07) is 11.4. The maximum absolute atomic E-state index is 12.4. The van der Waals surface area contributed by atoms with Gasteiger partial charge in [0, 0.05) is 22.9 Å². The number of carbonyl (C=O) groups is 1. The molecule has 1 aromatic heterocycles. The fraction of sp³-hybridized carbons (Fsp3) is 0.125. The van der Waals surface area contributed by atoms with E-state index in [1.54, 1.807) is 41.9 Å². The first-order valence-electron chi connectivity index (χ1n) is 7.49. The van der Waals surface area contributed by atoms with Crippen molar-refractivity contribution in [3.63, 3.8) is 0 Å². The molecule has 0 aliphatic heterocycles. The van der Waals surface area contributed by atoms with Crippen molar-refractivity contribution < 1.29 is 9.72 Å². The van der Waals surface area contributed by atoms with Gasteiger partial charge in [-0.05, 0) is 47.9 Å². The van der Waals surface area contributed by atoms with Crippen LogP contribution in [-0.2, 0) is 0 Å². The minimum atomic E-state index is -0.506. The molecule has 10 heteroatoms. The lowest BCUT2D eigenvalue weighted by Crippen LogP contribution is -2.13. The van der Waals surface area contributed by atoms with Crippen LogP contribution >= 0.6 is 11.8 Å². The van der Waals surface area contributed by atoms with Crippen molar-refractivity contribution >= 4 is 29.0 Å². The molecule has 1 amide bonds. The molecule has 0 saturated carbocycles. The molecule has 0 aliphatic carbocycles. The number of carbonyl (C=O) groups excluding carboxylic acids is 1. The van der Waals surface area contributed by atoms with E-state index in [1.807, 2.05) is 12.3 Å². The highest BCUT2D eigenvalue weighted by Gasteiger charge is 2.15. The third kappa shape index (κ3) is 3.54. The lowest BCUT2D eigenvalue weighted by Gasteiger charge is -2.08. The first-order valence-corrected chi connectivity index (χ1v) is 8.71. The predicted octanol–water partition coefficient (Wildman–Crippen LogP) is 2.85. The molecule has 0 bridgehead atoms. The van der Waals surface area contributed by atoms with Crippen LogP contribution in [0.3, 0.4) is 0 Å². The van der Waals surface area contributed by atoms with Crippen molar-refractivity contribution in [3.8, 4) is 5.69 Å². The van der Waals surface area contributed by atoms with Crippen LogP contribution in [0.4, 0.5) is 11.4 Å². The van der Waals surface area contributed by atoms with Crippen LogP contribution in [0.25, 0.3) is 5.69 Å². The standard InChI is InChI=1S/C16H14N6O3S/c1-10-6-7-11(8-14(10)22(24)25)15(23)17-12-4-3-5-13(9-12)21-16(26-2)18-19-20-21/h3-9H,1-2H3,(H,17,23). The second-order valence-electron chi connectivity index (χ2n) is 5.34. The van der Waals surface area contributed by atoms with Gasteiger partial charge < -0.3 is 5.32 Å². The maximum atomic E-state index is 12.4. The molecular formula is C16H14N6O3S. The fourth-order valence-electron chi connectivity index (χ4n) is 2.33. The van der Waals surface area contributed by atoms with Crippen LogP contribution in [0, 0.1) is 17.0 Å². The first kappa shape index (κ1) is 17.5. The molecule has 0 spiro atoms. The molecule has 0 radical (unpaired) electrons. The Morgan fingerprint density at radius 2 is 2.08 bits per heavy atom. The number of nitro benzene ring substituents is 1. The second kappa shape index (κ2) is 7.31. The molecule has 132 valence electrons. The average Bonchev–Trinajstić information content (AvgIpc) is 3.10. The Balaban J connectivity index is 1.86. The van der Waals surface area contributed by atoms with E-state index < -0.39 is 10.8 Å². The van der Waals surface area contributed by atoms with Crippen LogP contribution in [-0.4, -0.2) is 37.3 Å². The van der Waals surface area contributed by atoms with Crippen molar-refractivity contribution in [2.24, 2.45) is 0 Å². The number of thioether (sulfide) groups is 1. The van der Waals surface area contributed by atoms with Gasteiger partial charge in [-0.3, -0.25) is 14.9 Å². The molecule has 9 nitrogen and oxygen atoms in total. The van der Waals surface area contributed by atoms with Crippen LogP contribution in [0.2, 0.25) is 0 Å². The molecule has 1 N–H and O–H groups in total. The zero-order chi connectivity index (χ0) is 18.7. The number of hydrogen-bond donors (Lipinski definition) is 1. The molecule has 0 atom stereocenters. The SMILES string of the molecule is CSc1nnnn1-c1cccc(NC(=O)c2ccc(C)c([N+](=O)[O-])c2)c1. The monoisotopic (exact) mass is 370 g/mol. The number of benzene rings is 2. The van der Waals surface area contributed by atoms with E-state index in [4.69, 9.17) is 0 Å². The van der Waals surface area contributed by atoms with E-state index >= 15 is 0 Å². The molecule has 3 aromatic rings. The van der Waals surface area contributed by atoms with Gasteiger partial charge in [0.1, 0.15) is 0 Å². The number of nitro groups is 1. The van der Waals surface area contributed by atoms with E-state index in [2.05, 4.69) is 20.8 Å². The summed E-state index contributed by atoms with van der Waals surface area (Å²) in [6.45, 7) is 1.62. The molecule has 0 aliphatic rings.